The zero-order valence-corrected chi connectivity index (χ0v) is 17.7. The van der Waals surface area contributed by atoms with Gasteiger partial charge in [-0.1, -0.05) is 32.0 Å². The van der Waals surface area contributed by atoms with Gasteiger partial charge < -0.3 is 10.4 Å². The maximum absolute atomic E-state index is 12.5. The molecule has 0 saturated heterocycles. The molecular formula is C22H31N3O3. The SMILES string of the molecule is Cc1ccc(C(NC(=O)CCc2c(C)nn(CC(C)C)c2C)C(=O)O)cc1C. The maximum Gasteiger partial charge on any atom is 0.330 e. The van der Waals surface area contributed by atoms with Gasteiger partial charge in [0.25, 0.3) is 0 Å². The largest absolute Gasteiger partial charge is 0.479 e. The number of rotatable bonds is 8. The minimum atomic E-state index is -1.06. The molecule has 0 radical (unpaired) electrons. The van der Waals surface area contributed by atoms with E-state index in [0.29, 0.717) is 17.9 Å². The number of benzene rings is 1. The summed E-state index contributed by atoms with van der Waals surface area (Å²) in [6, 6.07) is 4.41. The molecule has 0 fully saturated rings. The number of nitrogens with one attached hydrogen (secondary N) is 1. The monoisotopic (exact) mass is 385 g/mol. The Hall–Kier alpha value is -2.63. The summed E-state index contributed by atoms with van der Waals surface area (Å²) < 4.78 is 1.99. The summed E-state index contributed by atoms with van der Waals surface area (Å²) in [6.07, 6.45) is 0.768. The van der Waals surface area contributed by atoms with Crippen molar-refractivity contribution in [1.29, 1.82) is 0 Å². The van der Waals surface area contributed by atoms with Crippen LogP contribution in [0.1, 0.15) is 60.0 Å². The Morgan fingerprint density at radius 1 is 1.14 bits per heavy atom. The van der Waals surface area contributed by atoms with Gasteiger partial charge in [-0.25, -0.2) is 4.79 Å². The lowest BCUT2D eigenvalue weighted by molar-refractivity contribution is -0.142. The van der Waals surface area contributed by atoms with Crippen LogP contribution >= 0.6 is 0 Å². The number of carboxylic acids is 1. The first-order valence-corrected chi connectivity index (χ1v) is 9.72. The normalized spacial score (nSPS) is 12.2. The van der Waals surface area contributed by atoms with Crippen molar-refractivity contribution in [1.82, 2.24) is 15.1 Å². The van der Waals surface area contributed by atoms with Gasteiger partial charge in [-0.15, -0.1) is 0 Å². The molecule has 0 spiro atoms. The number of hydrogen-bond donors (Lipinski definition) is 2. The van der Waals surface area contributed by atoms with Gasteiger partial charge in [0.2, 0.25) is 5.91 Å². The quantitative estimate of drug-likeness (QED) is 0.726. The van der Waals surface area contributed by atoms with Crippen molar-refractivity contribution < 1.29 is 14.7 Å². The Kier molecular flexibility index (Phi) is 7.00. The molecule has 1 heterocycles. The van der Waals surface area contributed by atoms with E-state index in [9.17, 15) is 14.7 Å². The van der Waals surface area contributed by atoms with Crippen LogP contribution in [-0.4, -0.2) is 26.8 Å². The van der Waals surface area contributed by atoms with Crippen LogP contribution in [0.4, 0.5) is 0 Å². The Labute approximate surface area is 167 Å². The van der Waals surface area contributed by atoms with Gasteiger partial charge in [0.15, 0.2) is 6.04 Å². The number of hydrogen-bond acceptors (Lipinski definition) is 3. The third-order valence-corrected chi connectivity index (χ3v) is 5.09. The zero-order chi connectivity index (χ0) is 21.0. The molecule has 6 heteroatoms. The summed E-state index contributed by atoms with van der Waals surface area (Å²) in [5.41, 5.74) is 5.73. The van der Waals surface area contributed by atoms with Crippen molar-refractivity contribution in [2.45, 2.75) is 67.0 Å². The fourth-order valence-electron chi connectivity index (χ4n) is 3.32. The highest BCUT2D eigenvalue weighted by atomic mass is 16.4. The predicted octanol–water partition coefficient (Wildman–Crippen LogP) is 3.65. The smallest absolute Gasteiger partial charge is 0.330 e. The van der Waals surface area contributed by atoms with Crippen LogP contribution in [0.2, 0.25) is 0 Å². The van der Waals surface area contributed by atoms with E-state index >= 15 is 0 Å². The number of aromatic nitrogens is 2. The molecule has 0 aliphatic heterocycles. The van der Waals surface area contributed by atoms with E-state index in [-0.39, 0.29) is 12.3 Å². The van der Waals surface area contributed by atoms with Gasteiger partial charge in [-0.2, -0.15) is 5.10 Å². The van der Waals surface area contributed by atoms with Crippen LogP contribution in [-0.2, 0) is 22.6 Å². The molecule has 1 atom stereocenters. The van der Waals surface area contributed by atoms with Crippen LogP contribution in [0.3, 0.4) is 0 Å². The molecule has 0 aliphatic rings. The second-order valence-electron chi connectivity index (χ2n) is 7.91. The molecular weight excluding hydrogens is 354 g/mol. The number of carboxylic acid groups (broad SMARTS) is 1. The summed E-state index contributed by atoms with van der Waals surface area (Å²) in [5.74, 6) is -0.849. The molecule has 28 heavy (non-hydrogen) atoms. The average Bonchev–Trinajstić information content (AvgIpc) is 2.86. The third-order valence-electron chi connectivity index (χ3n) is 5.09. The molecule has 1 unspecified atom stereocenters. The van der Waals surface area contributed by atoms with Crippen LogP contribution < -0.4 is 5.32 Å². The first-order chi connectivity index (χ1) is 13.1. The average molecular weight is 386 g/mol. The summed E-state index contributed by atoms with van der Waals surface area (Å²) in [5, 5.41) is 16.8. The standard InChI is InChI=1S/C22H31N3O3/c1-13(2)12-25-17(6)19(16(5)24-25)9-10-20(26)23-21(22(27)28)18-8-7-14(3)15(4)11-18/h7-8,11,13,21H,9-10,12H2,1-6H3,(H,23,26)(H,27,28). The number of aliphatic carboxylic acids is 1. The summed E-state index contributed by atoms with van der Waals surface area (Å²) in [4.78, 5) is 24.2. The minimum Gasteiger partial charge on any atom is -0.479 e. The van der Waals surface area contributed by atoms with E-state index in [0.717, 1.165) is 34.6 Å². The van der Waals surface area contributed by atoms with E-state index in [1.165, 1.54) is 0 Å². The van der Waals surface area contributed by atoms with Gasteiger partial charge in [-0.05, 0) is 62.3 Å². The predicted molar refractivity (Wildman–Crippen MR) is 109 cm³/mol. The van der Waals surface area contributed by atoms with Crippen molar-refractivity contribution >= 4 is 11.9 Å². The molecule has 0 bridgehead atoms. The van der Waals surface area contributed by atoms with E-state index in [1.54, 1.807) is 6.07 Å². The van der Waals surface area contributed by atoms with Crippen molar-refractivity contribution in [2.75, 3.05) is 0 Å². The van der Waals surface area contributed by atoms with Crippen LogP contribution in [0.25, 0.3) is 0 Å². The molecule has 0 aliphatic carbocycles. The molecule has 1 aromatic heterocycles. The van der Waals surface area contributed by atoms with Gasteiger partial charge in [0.1, 0.15) is 0 Å². The molecule has 0 saturated carbocycles. The Bertz CT molecular complexity index is 868. The second-order valence-corrected chi connectivity index (χ2v) is 7.91. The summed E-state index contributed by atoms with van der Waals surface area (Å²) in [7, 11) is 0. The molecule has 1 amide bonds. The minimum absolute atomic E-state index is 0.226. The fraction of sp³-hybridized carbons (Fsp3) is 0.500. The van der Waals surface area contributed by atoms with Crippen molar-refractivity contribution in [3.63, 3.8) is 0 Å². The number of amides is 1. The lowest BCUT2D eigenvalue weighted by Gasteiger charge is -2.16. The van der Waals surface area contributed by atoms with E-state index < -0.39 is 12.0 Å². The Morgan fingerprint density at radius 2 is 1.82 bits per heavy atom. The van der Waals surface area contributed by atoms with Gasteiger partial charge in [-0.3, -0.25) is 9.48 Å². The second kappa shape index (κ2) is 9.04. The van der Waals surface area contributed by atoms with Gasteiger partial charge in [0, 0.05) is 18.7 Å². The molecule has 2 N–H and O–H groups in total. The van der Waals surface area contributed by atoms with Crippen molar-refractivity contribution in [2.24, 2.45) is 5.92 Å². The number of aryl methyl sites for hydroxylation is 3. The highest BCUT2D eigenvalue weighted by Crippen LogP contribution is 2.19. The van der Waals surface area contributed by atoms with E-state index in [4.69, 9.17) is 0 Å². The molecule has 152 valence electrons. The first-order valence-electron chi connectivity index (χ1n) is 9.72. The lowest BCUT2D eigenvalue weighted by Crippen LogP contribution is -2.34. The van der Waals surface area contributed by atoms with Crippen LogP contribution in [0.15, 0.2) is 18.2 Å². The number of nitrogens with zero attached hydrogens (tertiary/aromatic N) is 2. The molecule has 1 aromatic carbocycles. The highest BCUT2D eigenvalue weighted by Gasteiger charge is 2.23. The number of carbonyl (C=O) groups excluding carboxylic acids is 1. The highest BCUT2D eigenvalue weighted by molar-refractivity contribution is 5.84. The number of carbonyl (C=O) groups is 2. The summed E-state index contributed by atoms with van der Waals surface area (Å²) >= 11 is 0. The van der Waals surface area contributed by atoms with Crippen molar-refractivity contribution in [3.05, 3.63) is 51.8 Å². The fourth-order valence-corrected chi connectivity index (χ4v) is 3.32. The van der Waals surface area contributed by atoms with Gasteiger partial charge >= 0.3 is 5.97 Å². The molecule has 6 nitrogen and oxygen atoms in total. The van der Waals surface area contributed by atoms with Gasteiger partial charge in [0.05, 0.1) is 5.69 Å². The Morgan fingerprint density at radius 3 is 2.39 bits per heavy atom. The summed E-state index contributed by atoms with van der Waals surface area (Å²) in [6.45, 7) is 13.0. The van der Waals surface area contributed by atoms with E-state index in [1.807, 2.05) is 44.5 Å². The molecule has 2 aromatic rings. The van der Waals surface area contributed by atoms with Crippen LogP contribution in [0, 0.1) is 33.6 Å². The van der Waals surface area contributed by atoms with E-state index in [2.05, 4.69) is 24.3 Å². The Balaban J connectivity index is 2.07. The third kappa shape index (κ3) is 5.21. The zero-order valence-electron chi connectivity index (χ0n) is 17.7. The lowest BCUT2D eigenvalue weighted by atomic mass is 10.0. The topological polar surface area (TPSA) is 84.2 Å². The molecule has 2 rings (SSSR count). The first kappa shape index (κ1) is 21.7. The van der Waals surface area contributed by atoms with Crippen molar-refractivity contribution in [3.8, 4) is 0 Å². The van der Waals surface area contributed by atoms with Crippen LogP contribution in [0.5, 0.6) is 0 Å². The maximum atomic E-state index is 12.5.